The van der Waals surface area contributed by atoms with Crippen LogP contribution in [0.15, 0.2) is 18.5 Å². The lowest BCUT2D eigenvalue weighted by atomic mass is 10.4. The van der Waals surface area contributed by atoms with Crippen LogP contribution in [0.2, 0.25) is 0 Å². The van der Waals surface area contributed by atoms with Gasteiger partial charge in [0.05, 0.1) is 11.2 Å². The van der Waals surface area contributed by atoms with Gasteiger partial charge in [0.25, 0.3) is 0 Å². The minimum atomic E-state index is 1.02. The molecule has 2 aromatic rings. The van der Waals surface area contributed by atoms with E-state index >= 15 is 0 Å². The zero-order chi connectivity index (χ0) is 7.84. The van der Waals surface area contributed by atoms with Gasteiger partial charge in [-0.05, 0) is 41.6 Å². The van der Waals surface area contributed by atoms with Crippen LogP contribution >= 0.6 is 22.6 Å². The molecule has 0 bridgehead atoms. The number of aryl methyl sites for hydroxylation is 1. The predicted octanol–water partition coefficient (Wildman–Crippen LogP) is 1.64. The number of aromatic nitrogens is 3. The molecule has 0 aliphatic carbocycles. The van der Waals surface area contributed by atoms with Gasteiger partial charge in [0.2, 0.25) is 0 Å². The van der Waals surface area contributed by atoms with Crippen molar-refractivity contribution in [2.75, 3.05) is 0 Å². The number of rotatable bonds is 0. The Balaban J connectivity index is 2.94. The Morgan fingerprint density at radius 2 is 2.27 bits per heavy atom. The molecule has 56 valence electrons. The third kappa shape index (κ3) is 1.01. The van der Waals surface area contributed by atoms with Crippen LogP contribution < -0.4 is 0 Å². The Bertz CT molecular complexity index is 393. The van der Waals surface area contributed by atoms with Gasteiger partial charge < -0.3 is 0 Å². The summed E-state index contributed by atoms with van der Waals surface area (Å²) in [6.07, 6.45) is 1.57. The first kappa shape index (κ1) is 7.02. The molecule has 0 fully saturated rings. The molecule has 0 aliphatic rings. The quantitative estimate of drug-likeness (QED) is 0.673. The van der Waals surface area contributed by atoms with E-state index in [-0.39, 0.29) is 0 Å². The Morgan fingerprint density at radius 3 is 3.00 bits per heavy atom. The SMILES string of the molecule is Cc1ncnn2c(I)ccc12. The lowest BCUT2D eigenvalue weighted by molar-refractivity contribution is 0.869. The summed E-state index contributed by atoms with van der Waals surface area (Å²) in [5.74, 6) is 0. The summed E-state index contributed by atoms with van der Waals surface area (Å²) in [6, 6.07) is 4.05. The molecule has 0 aromatic carbocycles. The first-order chi connectivity index (χ1) is 5.29. The molecule has 0 atom stereocenters. The molecule has 0 spiro atoms. The Hall–Kier alpha value is -0.650. The zero-order valence-corrected chi connectivity index (χ0v) is 8.11. The zero-order valence-electron chi connectivity index (χ0n) is 5.95. The van der Waals surface area contributed by atoms with Crippen LogP contribution in [0.3, 0.4) is 0 Å². The fourth-order valence-electron chi connectivity index (χ4n) is 1.03. The summed E-state index contributed by atoms with van der Waals surface area (Å²) in [5, 5.41) is 4.10. The maximum absolute atomic E-state index is 4.10. The van der Waals surface area contributed by atoms with Crippen LogP contribution in [0.5, 0.6) is 0 Å². The summed E-state index contributed by atoms with van der Waals surface area (Å²) in [6.45, 7) is 1.98. The average Bonchev–Trinajstić information content (AvgIpc) is 2.35. The molecule has 2 rings (SSSR count). The lowest BCUT2D eigenvalue weighted by Gasteiger charge is -1.95. The van der Waals surface area contributed by atoms with E-state index in [4.69, 9.17) is 0 Å². The highest BCUT2D eigenvalue weighted by Crippen LogP contribution is 2.11. The van der Waals surface area contributed by atoms with Gasteiger partial charge in [-0.2, -0.15) is 5.10 Å². The molecule has 0 saturated heterocycles. The third-order valence-corrected chi connectivity index (χ3v) is 2.41. The second kappa shape index (κ2) is 2.44. The molecule has 2 aromatic heterocycles. The van der Waals surface area contributed by atoms with E-state index < -0.39 is 0 Å². The van der Waals surface area contributed by atoms with Gasteiger partial charge in [0.15, 0.2) is 0 Å². The van der Waals surface area contributed by atoms with Gasteiger partial charge in [-0.3, -0.25) is 0 Å². The number of fused-ring (bicyclic) bond motifs is 1. The van der Waals surface area contributed by atoms with Crippen molar-refractivity contribution in [3.05, 3.63) is 27.9 Å². The molecular formula is C7H6IN3. The van der Waals surface area contributed by atoms with Crippen molar-refractivity contribution in [1.82, 2.24) is 14.6 Å². The van der Waals surface area contributed by atoms with Crippen LogP contribution in [-0.2, 0) is 0 Å². The monoisotopic (exact) mass is 259 g/mol. The summed E-state index contributed by atoms with van der Waals surface area (Å²) in [5.41, 5.74) is 2.10. The normalized spacial score (nSPS) is 10.7. The number of halogens is 1. The molecule has 4 heteroatoms. The second-order valence-corrected chi connectivity index (χ2v) is 3.40. The van der Waals surface area contributed by atoms with Gasteiger partial charge in [-0.1, -0.05) is 0 Å². The molecular weight excluding hydrogens is 253 g/mol. The Labute approximate surface area is 77.6 Å². The van der Waals surface area contributed by atoms with Crippen molar-refractivity contribution in [1.29, 1.82) is 0 Å². The van der Waals surface area contributed by atoms with Crippen molar-refractivity contribution in [2.45, 2.75) is 6.92 Å². The predicted molar refractivity (Wildman–Crippen MR) is 50.4 cm³/mol. The number of hydrogen-bond acceptors (Lipinski definition) is 2. The summed E-state index contributed by atoms with van der Waals surface area (Å²) in [4.78, 5) is 4.09. The molecule has 0 radical (unpaired) electrons. The highest BCUT2D eigenvalue weighted by molar-refractivity contribution is 14.1. The molecule has 0 amide bonds. The summed E-state index contributed by atoms with van der Waals surface area (Å²) < 4.78 is 2.99. The van der Waals surface area contributed by atoms with Crippen LogP contribution in [0, 0.1) is 10.6 Å². The van der Waals surface area contributed by atoms with Crippen molar-refractivity contribution < 1.29 is 0 Å². The molecule has 2 heterocycles. The van der Waals surface area contributed by atoms with Crippen molar-refractivity contribution in [3.63, 3.8) is 0 Å². The van der Waals surface area contributed by atoms with Gasteiger partial charge >= 0.3 is 0 Å². The van der Waals surface area contributed by atoms with Gasteiger partial charge in [-0.25, -0.2) is 9.50 Å². The van der Waals surface area contributed by atoms with Crippen LogP contribution in [-0.4, -0.2) is 14.6 Å². The van der Waals surface area contributed by atoms with E-state index in [2.05, 4.69) is 32.7 Å². The fourth-order valence-corrected chi connectivity index (χ4v) is 1.59. The second-order valence-electron chi connectivity index (χ2n) is 2.30. The molecule has 0 N–H and O–H groups in total. The van der Waals surface area contributed by atoms with Crippen molar-refractivity contribution >= 4 is 28.1 Å². The van der Waals surface area contributed by atoms with Gasteiger partial charge in [0.1, 0.15) is 10.0 Å². The number of hydrogen-bond donors (Lipinski definition) is 0. The minimum Gasteiger partial charge on any atom is -0.238 e. The maximum atomic E-state index is 4.10. The van der Waals surface area contributed by atoms with Crippen LogP contribution in [0.25, 0.3) is 5.52 Å². The van der Waals surface area contributed by atoms with Crippen LogP contribution in [0.1, 0.15) is 5.69 Å². The summed E-state index contributed by atoms with van der Waals surface area (Å²) in [7, 11) is 0. The fraction of sp³-hybridized carbons (Fsp3) is 0.143. The third-order valence-electron chi connectivity index (χ3n) is 1.60. The van der Waals surface area contributed by atoms with E-state index in [1.807, 2.05) is 23.6 Å². The highest BCUT2D eigenvalue weighted by atomic mass is 127. The largest absolute Gasteiger partial charge is 0.238 e. The lowest BCUT2D eigenvalue weighted by Crippen LogP contribution is -1.96. The Morgan fingerprint density at radius 1 is 1.45 bits per heavy atom. The van der Waals surface area contributed by atoms with E-state index in [1.165, 1.54) is 0 Å². The topological polar surface area (TPSA) is 30.2 Å². The van der Waals surface area contributed by atoms with E-state index in [9.17, 15) is 0 Å². The van der Waals surface area contributed by atoms with Crippen molar-refractivity contribution in [2.24, 2.45) is 0 Å². The molecule has 0 aliphatic heterocycles. The van der Waals surface area contributed by atoms with E-state index in [0.717, 1.165) is 14.9 Å². The van der Waals surface area contributed by atoms with Gasteiger partial charge in [-0.15, -0.1) is 0 Å². The molecule has 11 heavy (non-hydrogen) atoms. The number of nitrogens with zero attached hydrogens (tertiary/aromatic N) is 3. The minimum absolute atomic E-state index is 1.02. The van der Waals surface area contributed by atoms with E-state index in [1.54, 1.807) is 6.33 Å². The van der Waals surface area contributed by atoms with Crippen molar-refractivity contribution in [3.8, 4) is 0 Å². The first-order valence-electron chi connectivity index (χ1n) is 3.24. The maximum Gasteiger partial charge on any atom is 0.136 e. The standard InChI is InChI=1S/C7H6IN3/c1-5-6-2-3-7(8)11(6)10-4-9-5/h2-4H,1H3. The van der Waals surface area contributed by atoms with Crippen LogP contribution in [0.4, 0.5) is 0 Å². The van der Waals surface area contributed by atoms with Gasteiger partial charge in [0, 0.05) is 0 Å². The molecule has 0 saturated carbocycles. The molecule has 3 nitrogen and oxygen atoms in total. The highest BCUT2D eigenvalue weighted by Gasteiger charge is 2.00. The average molecular weight is 259 g/mol. The summed E-state index contributed by atoms with van der Waals surface area (Å²) >= 11 is 2.24. The Kier molecular flexibility index (Phi) is 1.56. The molecule has 0 unspecified atom stereocenters. The van der Waals surface area contributed by atoms with E-state index in [0.29, 0.717) is 0 Å². The first-order valence-corrected chi connectivity index (χ1v) is 4.32. The smallest absolute Gasteiger partial charge is 0.136 e.